The van der Waals surface area contributed by atoms with Gasteiger partial charge in [0.1, 0.15) is 17.1 Å². The zero-order valence-corrected chi connectivity index (χ0v) is 27.4. The van der Waals surface area contributed by atoms with Crippen LogP contribution in [0.15, 0.2) is 59.1 Å². The number of Topliss-reactive ketones (excluding diaryl/α,β-unsaturated/α-hetero) is 2. The third kappa shape index (κ3) is 5.58. The average molecular weight is 678 g/mol. The molecule has 260 valence electrons. The van der Waals surface area contributed by atoms with E-state index < -0.39 is 87.3 Å². The monoisotopic (exact) mass is 677 g/mol. The number of benzene rings is 2. The lowest BCUT2D eigenvalue weighted by Crippen LogP contribution is -2.68. The van der Waals surface area contributed by atoms with E-state index in [1.807, 2.05) is 0 Å². The van der Waals surface area contributed by atoms with Crippen molar-refractivity contribution in [3.05, 3.63) is 70.2 Å². The molecule has 2 aromatic carbocycles. The van der Waals surface area contributed by atoms with Crippen LogP contribution in [0.2, 0.25) is 0 Å². The smallest absolute Gasteiger partial charge is 0.255 e. The summed E-state index contributed by atoms with van der Waals surface area (Å²) < 4.78 is 0. The van der Waals surface area contributed by atoms with Gasteiger partial charge in [-0.15, -0.1) is 0 Å². The topological polar surface area (TPSA) is 252 Å². The van der Waals surface area contributed by atoms with Crippen molar-refractivity contribution in [3.8, 4) is 5.75 Å². The standard InChI is InChI=1S/C34H39N5O10/c1-13(2)33(48)37-16-8-6-15(7-9-16)36-12-19(40)38-18-11-10-17-14(3)20-22(27(42)21(17)26(18)41)30(45)34(49)24(28(20)43)25(39(4)5)29(44)23(31(34)46)32(35)47/h6-11,13-14,20,24-25,28,36,41,43-45,49H,12H2,1-5H3,(H2,35,47)(H,37,48)(H,38,40)/t14?,20?,24?,25-,28?,34-/m0/s1. The van der Waals surface area contributed by atoms with Gasteiger partial charge in [0, 0.05) is 28.8 Å². The fourth-order valence-electron chi connectivity index (χ4n) is 7.06. The molecular weight excluding hydrogens is 638 g/mol. The van der Waals surface area contributed by atoms with Gasteiger partial charge in [-0.25, -0.2) is 0 Å². The Labute approximate surface area is 281 Å². The predicted molar refractivity (Wildman–Crippen MR) is 177 cm³/mol. The van der Waals surface area contributed by atoms with Crippen molar-refractivity contribution in [1.29, 1.82) is 0 Å². The Morgan fingerprint density at radius 2 is 1.59 bits per heavy atom. The Hall–Kier alpha value is -5.25. The lowest BCUT2D eigenvalue weighted by Gasteiger charge is -2.53. The second-order valence-electron chi connectivity index (χ2n) is 13.1. The summed E-state index contributed by atoms with van der Waals surface area (Å²) in [5.74, 6) is -11.0. The Morgan fingerprint density at radius 1 is 0.980 bits per heavy atom. The molecule has 3 aliphatic rings. The molecule has 49 heavy (non-hydrogen) atoms. The van der Waals surface area contributed by atoms with E-state index in [1.54, 1.807) is 45.0 Å². The van der Waals surface area contributed by atoms with Gasteiger partial charge in [0.25, 0.3) is 5.91 Å². The number of aromatic hydroxyl groups is 1. The minimum atomic E-state index is -3.03. The van der Waals surface area contributed by atoms with Crippen LogP contribution in [0.3, 0.4) is 0 Å². The van der Waals surface area contributed by atoms with Gasteiger partial charge in [0.15, 0.2) is 17.1 Å². The van der Waals surface area contributed by atoms with Crippen molar-refractivity contribution in [2.24, 2.45) is 23.5 Å². The number of amides is 3. The normalized spacial score (nSPS) is 26.3. The molecule has 4 unspecified atom stereocenters. The summed E-state index contributed by atoms with van der Waals surface area (Å²) >= 11 is 0. The second kappa shape index (κ2) is 12.7. The molecule has 0 heterocycles. The van der Waals surface area contributed by atoms with Crippen molar-refractivity contribution in [1.82, 2.24) is 4.90 Å². The largest absolute Gasteiger partial charge is 0.510 e. The predicted octanol–water partition coefficient (Wildman–Crippen LogP) is 1.30. The number of aliphatic hydroxyl groups is 4. The number of nitrogens with one attached hydrogen (secondary N) is 3. The first-order valence-electron chi connectivity index (χ1n) is 15.6. The molecule has 10 N–H and O–H groups in total. The number of primary amides is 1. The molecular formula is C34H39N5O10. The van der Waals surface area contributed by atoms with Crippen LogP contribution >= 0.6 is 0 Å². The van der Waals surface area contributed by atoms with Gasteiger partial charge in [-0.3, -0.25) is 28.9 Å². The molecule has 0 bridgehead atoms. The number of hydrogen-bond acceptors (Lipinski definition) is 12. The van der Waals surface area contributed by atoms with E-state index in [4.69, 9.17) is 5.73 Å². The number of hydrogen-bond donors (Lipinski definition) is 9. The summed E-state index contributed by atoms with van der Waals surface area (Å²) in [4.78, 5) is 65.9. The maximum absolute atomic E-state index is 14.0. The summed E-state index contributed by atoms with van der Waals surface area (Å²) in [6, 6.07) is 8.14. The van der Waals surface area contributed by atoms with Gasteiger partial charge >= 0.3 is 0 Å². The van der Waals surface area contributed by atoms with Crippen LogP contribution in [0.1, 0.15) is 42.6 Å². The number of likely N-dealkylation sites (N-methyl/N-ethyl adjacent to an activating group) is 1. The third-order valence-corrected chi connectivity index (χ3v) is 9.54. The highest BCUT2D eigenvalue weighted by Gasteiger charge is 2.67. The first-order chi connectivity index (χ1) is 22.9. The minimum absolute atomic E-state index is 0.144. The van der Waals surface area contributed by atoms with Gasteiger partial charge in [-0.05, 0) is 55.9 Å². The molecule has 3 amide bonds. The summed E-state index contributed by atoms with van der Waals surface area (Å²) in [6.07, 6.45) is -1.72. The SMILES string of the molecule is CC(C)C(=O)Nc1ccc(NCC(=O)Nc2ccc3c(c2O)C(=O)C2=C(O)[C@]4(O)C(=O)C(C(N)=O)=C(O)[C@@H](N(C)C)C4C(O)C2C3C)cc1. The number of phenolic OH excluding ortho intramolecular Hbond substituents is 1. The fourth-order valence-corrected chi connectivity index (χ4v) is 7.06. The summed E-state index contributed by atoms with van der Waals surface area (Å²) in [5.41, 5.74) is 1.71. The number of aliphatic hydroxyl groups excluding tert-OH is 3. The summed E-state index contributed by atoms with van der Waals surface area (Å²) in [5, 5.41) is 65.4. The number of anilines is 3. The lowest BCUT2D eigenvalue weighted by molar-refractivity contribution is -0.162. The van der Waals surface area contributed by atoms with Crippen molar-refractivity contribution >= 4 is 46.4 Å². The Morgan fingerprint density at radius 3 is 2.16 bits per heavy atom. The molecule has 0 saturated heterocycles. The van der Waals surface area contributed by atoms with Crippen molar-refractivity contribution in [2.45, 2.75) is 44.4 Å². The van der Waals surface area contributed by atoms with Gasteiger partial charge < -0.3 is 47.2 Å². The summed E-state index contributed by atoms with van der Waals surface area (Å²) in [7, 11) is 2.91. The molecule has 0 saturated carbocycles. The van der Waals surface area contributed by atoms with Gasteiger partial charge in [0.2, 0.25) is 17.6 Å². The highest BCUT2D eigenvalue weighted by atomic mass is 16.4. The molecule has 5 rings (SSSR count). The van der Waals surface area contributed by atoms with E-state index in [2.05, 4.69) is 16.0 Å². The zero-order valence-electron chi connectivity index (χ0n) is 27.4. The van der Waals surface area contributed by atoms with Crippen LogP contribution in [0.5, 0.6) is 5.75 Å². The number of fused-ring (bicyclic) bond motifs is 3. The van der Waals surface area contributed by atoms with E-state index in [9.17, 15) is 49.5 Å². The molecule has 0 aromatic heterocycles. The van der Waals surface area contributed by atoms with Crippen LogP contribution < -0.4 is 21.7 Å². The van der Waals surface area contributed by atoms with Gasteiger partial charge in [-0.2, -0.15) is 0 Å². The number of nitrogens with two attached hydrogens (primary N) is 1. The molecule has 15 nitrogen and oxygen atoms in total. The van der Waals surface area contributed by atoms with E-state index in [1.165, 1.54) is 31.1 Å². The van der Waals surface area contributed by atoms with Crippen molar-refractivity contribution < 1.29 is 49.5 Å². The molecule has 0 fully saturated rings. The molecule has 0 spiro atoms. The molecule has 0 aliphatic heterocycles. The second-order valence-corrected chi connectivity index (χ2v) is 13.1. The van der Waals surface area contributed by atoms with Crippen LogP contribution in [-0.2, 0) is 19.2 Å². The van der Waals surface area contributed by atoms with Crippen LogP contribution in [0, 0.1) is 17.8 Å². The van der Waals surface area contributed by atoms with Gasteiger partial charge in [0.05, 0.1) is 35.9 Å². The summed E-state index contributed by atoms with van der Waals surface area (Å²) in [6.45, 7) is 4.90. The van der Waals surface area contributed by atoms with E-state index in [0.29, 0.717) is 11.4 Å². The molecule has 15 heteroatoms. The quantitative estimate of drug-likeness (QED) is 0.142. The van der Waals surface area contributed by atoms with Crippen molar-refractivity contribution in [2.75, 3.05) is 36.6 Å². The number of rotatable bonds is 8. The van der Waals surface area contributed by atoms with E-state index in [-0.39, 0.29) is 35.2 Å². The molecule has 6 atom stereocenters. The number of phenols is 1. The van der Waals surface area contributed by atoms with E-state index >= 15 is 0 Å². The highest BCUT2D eigenvalue weighted by molar-refractivity contribution is 6.25. The molecule has 2 aromatic rings. The first-order valence-corrected chi connectivity index (χ1v) is 15.6. The lowest BCUT2D eigenvalue weighted by atomic mass is 9.55. The maximum atomic E-state index is 14.0. The average Bonchev–Trinajstić information content (AvgIpc) is 3.03. The van der Waals surface area contributed by atoms with Crippen LogP contribution in [0.25, 0.3) is 0 Å². The van der Waals surface area contributed by atoms with Crippen molar-refractivity contribution in [3.63, 3.8) is 0 Å². The Bertz CT molecular complexity index is 1830. The van der Waals surface area contributed by atoms with E-state index in [0.717, 1.165) is 0 Å². The van der Waals surface area contributed by atoms with Crippen LogP contribution in [-0.4, -0.2) is 98.1 Å². The zero-order chi connectivity index (χ0) is 36.3. The maximum Gasteiger partial charge on any atom is 0.255 e. The highest BCUT2D eigenvalue weighted by Crippen LogP contribution is 2.56. The number of ketones is 2. The fraction of sp³-hybridized carbons (Fsp3) is 0.382. The third-order valence-electron chi connectivity index (χ3n) is 9.54. The molecule has 3 aliphatic carbocycles. The number of carbonyl (C=O) groups excluding carboxylic acids is 5. The Balaban J connectivity index is 1.44. The minimum Gasteiger partial charge on any atom is -0.510 e. The molecule has 0 radical (unpaired) electrons. The number of nitrogens with zero attached hydrogens (tertiary/aromatic N) is 1. The van der Waals surface area contributed by atoms with Gasteiger partial charge in [-0.1, -0.05) is 26.8 Å². The number of carbonyl (C=O) groups is 5. The first kappa shape index (κ1) is 35.1. The van der Waals surface area contributed by atoms with Crippen LogP contribution in [0.4, 0.5) is 17.1 Å². The Kier molecular flexibility index (Phi) is 9.05.